The van der Waals surface area contributed by atoms with Gasteiger partial charge in [0.15, 0.2) is 0 Å². The number of nitrogens with zero attached hydrogens (tertiary/aromatic N) is 6. The van der Waals surface area contributed by atoms with Gasteiger partial charge in [-0.1, -0.05) is 5.21 Å². The zero-order valence-corrected chi connectivity index (χ0v) is 23.4. The molecule has 14 heteroatoms. The Balaban J connectivity index is 1.03. The number of aromatic amines is 1. The normalized spacial score (nSPS) is 29.3. The first-order valence-electron chi connectivity index (χ1n) is 14.4. The molecule has 2 bridgehead atoms. The van der Waals surface area contributed by atoms with Gasteiger partial charge in [0, 0.05) is 42.7 Å². The van der Waals surface area contributed by atoms with Crippen LogP contribution < -0.4 is 16.0 Å². The number of hydrogen-bond donors (Lipinski definition) is 3. The number of ether oxygens (including phenoxy) is 2. The van der Waals surface area contributed by atoms with Gasteiger partial charge < -0.3 is 19.7 Å². The van der Waals surface area contributed by atoms with E-state index in [4.69, 9.17) is 9.47 Å². The first kappa shape index (κ1) is 27.8. The van der Waals surface area contributed by atoms with Crippen molar-refractivity contribution >= 4 is 10.9 Å². The highest BCUT2D eigenvalue weighted by atomic mass is 19.1. The van der Waals surface area contributed by atoms with Gasteiger partial charge in [-0.25, -0.2) is 9.48 Å². The number of methoxy groups -OCH3 is 1. The number of fused-ring (bicyclic) bond motifs is 4. The molecule has 4 fully saturated rings. The molecule has 4 aliphatic heterocycles. The molecule has 3 aromatic heterocycles. The Hall–Kier alpha value is -3.98. The van der Waals surface area contributed by atoms with Crippen LogP contribution in [0.2, 0.25) is 0 Å². The Morgan fingerprint density at radius 1 is 1.23 bits per heavy atom. The number of nitrogens with one attached hydrogen (secondary N) is 1. The van der Waals surface area contributed by atoms with Crippen molar-refractivity contribution in [3.8, 4) is 5.75 Å². The number of aliphatic hydroxyl groups excluding tert-OH is 2. The predicted octanol–water partition coefficient (Wildman–Crippen LogP) is 1.08. The third-order valence-electron chi connectivity index (χ3n) is 9.21. The maximum atomic E-state index is 13.8. The molecule has 4 aliphatic rings. The minimum Gasteiger partial charge on any atom is -0.497 e. The van der Waals surface area contributed by atoms with E-state index < -0.39 is 41.6 Å². The van der Waals surface area contributed by atoms with Crippen LogP contribution in [0.1, 0.15) is 48.8 Å². The van der Waals surface area contributed by atoms with Gasteiger partial charge in [0.25, 0.3) is 5.56 Å². The molecule has 0 spiro atoms. The summed E-state index contributed by atoms with van der Waals surface area (Å²) in [6.45, 7) is 1.81. The Morgan fingerprint density at radius 2 is 2.09 bits per heavy atom. The Bertz CT molecular complexity index is 1770. The highest BCUT2D eigenvalue weighted by Gasteiger charge is 2.45. The molecule has 7 unspecified atom stereocenters. The van der Waals surface area contributed by atoms with Crippen molar-refractivity contribution in [3.05, 3.63) is 80.8 Å². The van der Waals surface area contributed by atoms with E-state index in [1.807, 2.05) is 35.4 Å². The zero-order chi connectivity index (χ0) is 29.8. The lowest BCUT2D eigenvalue weighted by atomic mass is 9.72. The van der Waals surface area contributed by atoms with Gasteiger partial charge >= 0.3 is 5.69 Å². The fourth-order valence-corrected chi connectivity index (χ4v) is 6.95. The van der Waals surface area contributed by atoms with Gasteiger partial charge in [0.05, 0.1) is 43.3 Å². The number of halogens is 1. The lowest BCUT2D eigenvalue weighted by molar-refractivity contribution is -0.0382. The number of rotatable bonds is 7. The second-order valence-corrected chi connectivity index (χ2v) is 11.6. The average molecular weight is 594 g/mol. The Labute approximate surface area is 244 Å². The highest BCUT2D eigenvalue weighted by molar-refractivity contribution is 5.84. The van der Waals surface area contributed by atoms with Crippen LogP contribution in [0.15, 0.2) is 52.4 Å². The molecule has 226 valence electrons. The van der Waals surface area contributed by atoms with Crippen molar-refractivity contribution in [3.63, 3.8) is 0 Å². The molecule has 4 saturated heterocycles. The molecule has 0 amide bonds. The number of benzene rings is 1. The van der Waals surface area contributed by atoms with Crippen LogP contribution in [0.4, 0.5) is 4.39 Å². The van der Waals surface area contributed by atoms with Crippen molar-refractivity contribution < 1.29 is 24.1 Å². The summed E-state index contributed by atoms with van der Waals surface area (Å²) in [5, 5.41) is 31.8. The molecule has 7 heterocycles. The predicted molar refractivity (Wildman–Crippen MR) is 150 cm³/mol. The molecule has 3 N–H and O–H groups in total. The smallest absolute Gasteiger partial charge is 0.330 e. The quantitative estimate of drug-likeness (QED) is 0.283. The lowest BCUT2D eigenvalue weighted by Crippen LogP contribution is -2.54. The fraction of sp³-hybridized carbons (Fsp3) is 0.483. The van der Waals surface area contributed by atoms with Crippen LogP contribution in [-0.2, 0) is 11.3 Å². The number of aliphatic hydroxyl groups is 2. The molecule has 43 heavy (non-hydrogen) atoms. The highest BCUT2D eigenvalue weighted by Crippen LogP contribution is 2.45. The van der Waals surface area contributed by atoms with E-state index in [9.17, 15) is 24.2 Å². The summed E-state index contributed by atoms with van der Waals surface area (Å²) in [6.07, 6.45) is 2.99. The number of pyridine rings is 1. The van der Waals surface area contributed by atoms with Crippen molar-refractivity contribution in [2.75, 3.05) is 20.2 Å². The largest absolute Gasteiger partial charge is 0.497 e. The maximum Gasteiger partial charge on any atom is 0.330 e. The third-order valence-corrected chi connectivity index (χ3v) is 9.21. The summed E-state index contributed by atoms with van der Waals surface area (Å²) in [7, 11) is 1.62. The minimum absolute atomic E-state index is 0.0398. The minimum atomic E-state index is -1.11. The summed E-state index contributed by atoms with van der Waals surface area (Å²) in [5.74, 6) is 0.0683. The standard InChI is InChI=1S/C29H32FN7O6/c1-42-16-2-3-21-18(9-16)17(4-6-31-21)27(39)23-8-15-5-7-35(23)11-19(15)22-13-36(34-33-22)14-25-24(38)10-26(43-25)37-12-20(30)28(40)32-29(37)41/h2-4,6,9,12-13,15,19,23-27,38-39H,5,7-8,10-11,14H2,1H3,(H,32,40,41)/t15?,19?,23?,24?,25?,26?,27-/m1/s1. The van der Waals surface area contributed by atoms with E-state index in [0.29, 0.717) is 11.7 Å². The topological polar surface area (TPSA) is 161 Å². The van der Waals surface area contributed by atoms with Crippen LogP contribution in [0.25, 0.3) is 10.9 Å². The summed E-state index contributed by atoms with van der Waals surface area (Å²) in [5.41, 5.74) is 0.568. The van der Waals surface area contributed by atoms with Crippen molar-refractivity contribution in [2.24, 2.45) is 5.92 Å². The number of piperidine rings is 3. The van der Waals surface area contributed by atoms with E-state index in [0.717, 1.165) is 58.9 Å². The van der Waals surface area contributed by atoms with Gasteiger partial charge in [-0.05, 0) is 55.1 Å². The number of aromatic nitrogens is 6. The van der Waals surface area contributed by atoms with Crippen LogP contribution in [0, 0.1) is 11.7 Å². The maximum absolute atomic E-state index is 13.8. The summed E-state index contributed by atoms with van der Waals surface area (Å²) < 4.78 is 27.6. The van der Waals surface area contributed by atoms with Crippen LogP contribution in [-0.4, -0.2) is 83.1 Å². The second-order valence-electron chi connectivity index (χ2n) is 11.6. The lowest BCUT2D eigenvalue weighted by Gasteiger charge is -2.50. The molecule has 4 aromatic rings. The average Bonchev–Trinajstić information content (AvgIpc) is 3.64. The number of hydrogen-bond acceptors (Lipinski definition) is 10. The second kappa shape index (κ2) is 10.9. The molecule has 13 nitrogen and oxygen atoms in total. The fourth-order valence-electron chi connectivity index (χ4n) is 6.95. The molecule has 0 aliphatic carbocycles. The van der Waals surface area contributed by atoms with Crippen molar-refractivity contribution in [1.29, 1.82) is 0 Å². The first-order chi connectivity index (χ1) is 20.8. The number of H-pyrrole nitrogens is 1. The third kappa shape index (κ3) is 5.03. The molecular weight excluding hydrogens is 561 g/mol. The van der Waals surface area contributed by atoms with E-state index in [1.165, 1.54) is 0 Å². The zero-order valence-electron chi connectivity index (χ0n) is 23.4. The SMILES string of the molecule is COc1ccc2nccc([C@@H](O)C3CC4CCN3CC4c3cn(CC4OC(n5cc(F)c(=O)[nH]c5=O)CC4O)nn3)c2c1. The molecule has 8 rings (SSSR count). The van der Waals surface area contributed by atoms with Gasteiger partial charge in [0.2, 0.25) is 5.82 Å². The van der Waals surface area contributed by atoms with E-state index in [2.05, 4.69) is 20.2 Å². The summed E-state index contributed by atoms with van der Waals surface area (Å²) in [4.78, 5) is 32.2. The molecule has 0 saturated carbocycles. The van der Waals surface area contributed by atoms with Gasteiger partial charge in [-0.2, -0.15) is 4.39 Å². The van der Waals surface area contributed by atoms with Gasteiger partial charge in [-0.15, -0.1) is 5.10 Å². The van der Waals surface area contributed by atoms with E-state index in [-0.39, 0.29) is 24.9 Å². The van der Waals surface area contributed by atoms with Crippen LogP contribution in [0.5, 0.6) is 5.75 Å². The monoisotopic (exact) mass is 593 g/mol. The molecular formula is C29H32FN7O6. The molecule has 0 radical (unpaired) electrons. The van der Waals surface area contributed by atoms with Crippen LogP contribution in [0.3, 0.4) is 0 Å². The molecule has 1 aromatic carbocycles. The Kier molecular flexibility index (Phi) is 7.08. The van der Waals surface area contributed by atoms with E-state index >= 15 is 0 Å². The Morgan fingerprint density at radius 3 is 2.88 bits per heavy atom. The molecule has 8 atom stereocenters. The van der Waals surface area contributed by atoms with E-state index in [1.54, 1.807) is 18.0 Å². The van der Waals surface area contributed by atoms with Crippen LogP contribution >= 0.6 is 0 Å². The van der Waals surface area contributed by atoms with Gasteiger partial charge in [-0.3, -0.25) is 24.2 Å². The summed E-state index contributed by atoms with van der Waals surface area (Å²) in [6, 6.07) is 7.52. The van der Waals surface area contributed by atoms with Gasteiger partial charge in [0.1, 0.15) is 18.1 Å². The van der Waals surface area contributed by atoms with Crippen molar-refractivity contribution in [2.45, 2.75) is 62.3 Å². The summed E-state index contributed by atoms with van der Waals surface area (Å²) >= 11 is 0. The van der Waals surface area contributed by atoms with Crippen molar-refractivity contribution in [1.82, 2.24) is 34.4 Å². The first-order valence-corrected chi connectivity index (χ1v) is 14.4.